The molecule has 0 atom stereocenters. The first-order chi connectivity index (χ1) is 13.6. The summed E-state index contributed by atoms with van der Waals surface area (Å²) in [6.07, 6.45) is 7.97. The van der Waals surface area contributed by atoms with E-state index in [4.69, 9.17) is 9.84 Å². The average molecular weight is 424 g/mol. The molecule has 0 amide bonds. The van der Waals surface area contributed by atoms with Crippen LogP contribution < -0.4 is 4.90 Å². The number of anilines is 1. The van der Waals surface area contributed by atoms with Crippen LogP contribution in [0.4, 0.5) is 5.00 Å². The van der Waals surface area contributed by atoms with Crippen LogP contribution in [0.15, 0.2) is 17.5 Å². The minimum atomic E-state index is -0.722. The van der Waals surface area contributed by atoms with Crippen LogP contribution in [0.1, 0.15) is 91.9 Å². The van der Waals surface area contributed by atoms with Crippen molar-refractivity contribution < 1.29 is 19.4 Å². The van der Waals surface area contributed by atoms with Gasteiger partial charge in [0.05, 0.1) is 5.00 Å². The molecule has 29 heavy (non-hydrogen) atoms. The van der Waals surface area contributed by atoms with Gasteiger partial charge in [-0.1, -0.05) is 25.7 Å². The van der Waals surface area contributed by atoms with E-state index in [0.29, 0.717) is 6.42 Å². The van der Waals surface area contributed by atoms with Gasteiger partial charge in [0.1, 0.15) is 6.10 Å². The number of piperidine rings is 1. The maximum atomic E-state index is 12.4. The fourth-order valence-corrected chi connectivity index (χ4v) is 5.82. The number of nitrogens with zero attached hydrogens (tertiary/aromatic N) is 1. The third-order valence-electron chi connectivity index (χ3n) is 5.71. The molecule has 2 rings (SSSR count). The Morgan fingerprint density at radius 2 is 1.59 bits per heavy atom. The predicted molar refractivity (Wildman–Crippen MR) is 119 cm³/mol. The number of carbonyl (C=O) groups is 2. The van der Waals surface area contributed by atoms with Crippen LogP contribution in [0.3, 0.4) is 0 Å². The number of hydrogen-bond acceptors (Lipinski definition) is 5. The molecule has 0 unspecified atom stereocenters. The first-order valence-corrected chi connectivity index (χ1v) is 11.7. The molecule has 1 fully saturated rings. The number of rotatable bonds is 11. The second-order valence-corrected chi connectivity index (χ2v) is 10.4. The fraction of sp³-hybridized carbons (Fsp3) is 0.739. The van der Waals surface area contributed by atoms with Gasteiger partial charge in [-0.3, -0.25) is 9.59 Å². The highest BCUT2D eigenvalue weighted by atomic mass is 32.1. The van der Waals surface area contributed by atoms with Crippen molar-refractivity contribution in [3.8, 4) is 0 Å². The number of ether oxygens (including phenoxy) is 1. The molecular formula is C23H37NO4S. The Bertz CT molecular complexity index is 636. The van der Waals surface area contributed by atoms with E-state index in [1.54, 1.807) is 11.3 Å². The molecule has 2 heterocycles. The Balaban J connectivity index is 1.72. The summed E-state index contributed by atoms with van der Waals surface area (Å²) in [6.45, 7) is 8.94. The zero-order chi connectivity index (χ0) is 21.5. The van der Waals surface area contributed by atoms with E-state index < -0.39 is 5.97 Å². The van der Waals surface area contributed by atoms with Gasteiger partial charge in [0.2, 0.25) is 0 Å². The Morgan fingerprint density at radius 1 is 1.03 bits per heavy atom. The normalized spacial score (nSPS) is 18.6. The smallest absolute Gasteiger partial charge is 0.306 e. The number of carboxylic acid groups (broad SMARTS) is 1. The number of carbonyl (C=O) groups excluding carboxylic acids is 1. The molecule has 0 aromatic carbocycles. The lowest BCUT2D eigenvalue weighted by atomic mass is 9.78. The van der Waals surface area contributed by atoms with Crippen LogP contribution in [0.5, 0.6) is 0 Å². The average Bonchev–Trinajstić information content (AvgIpc) is 3.08. The Hall–Kier alpha value is -1.56. The molecule has 1 aromatic heterocycles. The van der Waals surface area contributed by atoms with Gasteiger partial charge in [0, 0.05) is 36.8 Å². The highest BCUT2D eigenvalue weighted by molar-refractivity contribution is 7.14. The molecule has 0 radical (unpaired) electrons. The maximum Gasteiger partial charge on any atom is 0.306 e. The lowest BCUT2D eigenvalue weighted by Crippen LogP contribution is -2.62. The maximum absolute atomic E-state index is 12.4. The minimum Gasteiger partial charge on any atom is -0.481 e. The molecular weight excluding hydrogens is 386 g/mol. The summed E-state index contributed by atoms with van der Waals surface area (Å²) >= 11 is 1.76. The minimum absolute atomic E-state index is 0.0419. The van der Waals surface area contributed by atoms with Crippen molar-refractivity contribution in [1.29, 1.82) is 0 Å². The van der Waals surface area contributed by atoms with Crippen LogP contribution >= 0.6 is 11.3 Å². The summed E-state index contributed by atoms with van der Waals surface area (Å²) in [5.74, 6) is -0.808. The summed E-state index contributed by atoms with van der Waals surface area (Å²) in [6, 6.07) is 4.26. The number of thiophene rings is 1. The van der Waals surface area contributed by atoms with E-state index in [1.165, 1.54) is 5.00 Å². The van der Waals surface area contributed by atoms with Crippen LogP contribution in [0.25, 0.3) is 0 Å². The van der Waals surface area contributed by atoms with E-state index in [-0.39, 0.29) is 29.6 Å². The number of hydrogen-bond donors (Lipinski definition) is 1. The summed E-state index contributed by atoms with van der Waals surface area (Å²) in [5, 5.41) is 12.0. The highest BCUT2D eigenvalue weighted by Gasteiger charge is 2.46. The molecule has 0 saturated carbocycles. The fourth-order valence-electron chi connectivity index (χ4n) is 4.76. The Labute approximate surface area is 179 Å². The zero-order valence-corrected chi connectivity index (χ0v) is 19.2. The third-order valence-corrected chi connectivity index (χ3v) is 6.56. The molecule has 1 saturated heterocycles. The van der Waals surface area contributed by atoms with E-state index in [1.807, 2.05) is 0 Å². The molecule has 1 aliphatic heterocycles. The first-order valence-electron chi connectivity index (χ1n) is 10.9. The van der Waals surface area contributed by atoms with Gasteiger partial charge in [-0.05, 0) is 58.0 Å². The van der Waals surface area contributed by atoms with Gasteiger partial charge in [-0.25, -0.2) is 0 Å². The topological polar surface area (TPSA) is 66.8 Å². The summed E-state index contributed by atoms with van der Waals surface area (Å²) in [7, 11) is 0. The summed E-state index contributed by atoms with van der Waals surface area (Å²) in [5.41, 5.74) is -0.152. The Morgan fingerprint density at radius 3 is 2.10 bits per heavy atom. The van der Waals surface area contributed by atoms with Crippen molar-refractivity contribution in [3.63, 3.8) is 0 Å². The molecule has 0 spiro atoms. The van der Waals surface area contributed by atoms with Gasteiger partial charge in [-0.15, -0.1) is 11.3 Å². The van der Waals surface area contributed by atoms with E-state index in [0.717, 1.165) is 51.4 Å². The predicted octanol–water partition coefficient (Wildman–Crippen LogP) is 6.02. The van der Waals surface area contributed by atoms with E-state index in [9.17, 15) is 9.59 Å². The SMILES string of the molecule is CC1(C)CC(OC(=O)CCCCCCCCC(=O)O)CC(C)(C)N1c1cccs1. The van der Waals surface area contributed by atoms with Crippen molar-refractivity contribution in [1.82, 2.24) is 0 Å². The molecule has 1 N–H and O–H groups in total. The molecule has 5 nitrogen and oxygen atoms in total. The first kappa shape index (κ1) is 23.7. The van der Waals surface area contributed by atoms with Crippen molar-refractivity contribution in [3.05, 3.63) is 17.5 Å². The van der Waals surface area contributed by atoms with E-state index >= 15 is 0 Å². The third kappa shape index (κ3) is 7.32. The molecule has 164 valence electrons. The second-order valence-electron chi connectivity index (χ2n) is 9.45. The molecule has 0 bridgehead atoms. The lowest BCUT2D eigenvalue weighted by Gasteiger charge is -2.55. The number of carboxylic acids is 1. The van der Waals surface area contributed by atoms with Crippen LogP contribution in [-0.2, 0) is 14.3 Å². The number of esters is 1. The standard InChI is InChI=1S/C23H37NO4S/c1-22(2)16-18(17-23(3,4)24(22)19-12-11-15-29-19)28-21(27)14-10-8-6-5-7-9-13-20(25)26/h11-12,15,18H,5-10,13-14,16-17H2,1-4H3,(H,25,26). The highest BCUT2D eigenvalue weighted by Crippen LogP contribution is 2.44. The lowest BCUT2D eigenvalue weighted by molar-refractivity contribution is -0.152. The van der Waals surface area contributed by atoms with Crippen molar-refractivity contribution in [2.75, 3.05) is 4.90 Å². The van der Waals surface area contributed by atoms with Gasteiger partial charge < -0.3 is 14.7 Å². The Kier molecular flexibility index (Phi) is 8.56. The van der Waals surface area contributed by atoms with Crippen LogP contribution in [0, 0.1) is 0 Å². The van der Waals surface area contributed by atoms with Crippen molar-refractivity contribution in [2.45, 2.75) is 109 Å². The number of aliphatic carboxylic acids is 1. The van der Waals surface area contributed by atoms with Gasteiger partial charge in [0.15, 0.2) is 0 Å². The quantitative estimate of drug-likeness (QED) is 0.348. The summed E-state index contributed by atoms with van der Waals surface area (Å²) in [4.78, 5) is 25.3. The zero-order valence-electron chi connectivity index (χ0n) is 18.4. The van der Waals surface area contributed by atoms with Crippen molar-refractivity contribution >= 4 is 28.3 Å². The largest absolute Gasteiger partial charge is 0.481 e. The van der Waals surface area contributed by atoms with Gasteiger partial charge >= 0.3 is 11.9 Å². The van der Waals surface area contributed by atoms with Crippen LogP contribution in [0.2, 0.25) is 0 Å². The van der Waals surface area contributed by atoms with Crippen LogP contribution in [-0.4, -0.2) is 34.2 Å². The monoisotopic (exact) mass is 423 g/mol. The molecule has 1 aromatic rings. The van der Waals surface area contributed by atoms with Crippen molar-refractivity contribution in [2.24, 2.45) is 0 Å². The summed E-state index contributed by atoms with van der Waals surface area (Å²) < 4.78 is 5.87. The van der Waals surface area contributed by atoms with Gasteiger partial charge in [-0.2, -0.15) is 0 Å². The molecule has 1 aliphatic rings. The second kappa shape index (κ2) is 10.5. The number of unbranched alkanes of at least 4 members (excludes halogenated alkanes) is 5. The molecule has 6 heteroatoms. The van der Waals surface area contributed by atoms with E-state index in [2.05, 4.69) is 50.1 Å². The van der Waals surface area contributed by atoms with Gasteiger partial charge in [0.25, 0.3) is 0 Å². The molecule has 0 aliphatic carbocycles.